The van der Waals surface area contributed by atoms with Crippen molar-refractivity contribution in [2.45, 2.75) is 31.0 Å². The first-order valence-electron chi connectivity index (χ1n) is 11.5. The van der Waals surface area contributed by atoms with Crippen LogP contribution in [0.15, 0.2) is 48.5 Å². The highest BCUT2D eigenvalue weighted by molar-refractivity contribution is 5.95. The van der Waals surface area contributed by atoms with Gasteiger partial charge >= 0.3 is 12.2 Å². The van der Waals surface area contributed by atoms with Gasteiger partial charge in [-0.3, -0.25) is 9.69 Å². The average molecular weight is 504 g/mol. The molecule has 11 heteroatoms. The van der Waals surface area contributed by atoms with E-state index in [0.29, 0.717) is 12.5 Å². The maximum absolute atomic E-state index is 13.9. The number of cyclic esters (lactones) is 1. The van der Waals surface area contributed by atoms with Gasteiger partial charge in [0.15, 0.2) is 0 Å². The molecule has 0 aromatic heterocycles. The normalized spacial score (nSPS) is 21.7. The second kappa shape index (κ2) is 11.0. The first kappa shape index (κ1) is 25.5. The highest BCUT2D eigenvalue weighted by Gasteiger charge is 2.46. The fraction of sp³-hybridized carbons (Fsp3) is 0.400. The molecule has 2 aliphatic heterocycles. The van der Waals surface area contributed by atoms with Crippen LogP contribution in [-0.2, 0) is 27.1 Å². The van der Waals surface area contributed by atoms with Gasteiger partial charge in [-0.05, 0) is 36.1 Å². The summed E-state index contributed by atoms with van der Waals surface area (Å²) in [7, 11) is 0. The van der Waals surface area contributed by atoms with E-state index in [1.165, 1.54) is 0 Å². The number of carboxylic acid groups (broad SMARTS) is 1. The topological polar surface area (TPSA) is 117 Å². The summed E-state index contributed by atoms with van der Waals surface area (Å²) in [6.07, 6.45) is -3.90. The zero-order chi connectivity index (χ0) is 25.8. The number of imide groups is 1. The Morgan fingerprint density at radius 1 is 1.06 bits per heavy atom. The number of nitrogens with zero attached hydrogens (tertiary/aromatic N) is 2. The van der Waals surface area contributed by atoms with Crippen molar-refractivity contribution < 1.29 is 42.9 Å². The van der Waals surface area contributed by atoms with Crippen LogP contribution in [0.2, 0.25) is 0 Å². The van der Waals surface area contributed by atoms with E-state index in [-0.39, 0.29) is 38.3 Å². The zero-order valence-corrected chi connectivity index (χ0v) is 19.3. The van der Waals surface area contributed by atoms with E-state index < -0.39 is 53.8 Å². The molecule has 4 atom stereocenters. The molecule has 2 aromatic rings. The Balaban J connectivity index is 1.66. The fourth-order valence-corrected chi connectivity index (χ4v) is 4.69. The third-order valence-corrected chi connectivity index (χ3v) is 6.43. The minimum atomic E-state index is -1.63. The van der Waals surface area contributed by atoms with Crippen molar-refractivity contribution in [3.8, 4) is 0 Å². The van der Waals surface area contributed by atoms with Crippen molar-refractivity contribution in [2.24, 2.45) is 5.92 Å². The van der Waals surface area contributed by atoms with Crippen LogP contribution in [0.3, 0.4) is 0 Å². The highest BCUT2D eigenvalue weighted by Crippen LogP contribution is 2.27. The van der Waals surface area contributed by atoms with Crippen molar-refractivity contribution in [3.05, 3.63) is 71.3 Å². The van der Waals surface area contributed by atoms with Gasteiger partial charge in [0.1, 0.15) is 18.2 Å². The van der Waals surface area contributed by atoms with Crippen molar-refractivity contribution >= 4 is 18.1 Å². The number of rotatable bonds is 7. The molecule has 2 saturated heterocycles. The van der Waals surface area contributed by atoms with Crippen LogP contribution in [0.1, 0.15) is 11.1 Å². The lowest BCUT2D eigenvalue weighted by molar-refractivity contribution is -0.141. The number of aliphatic hydroxyl groups excluding tert-OH is 1. The van der Waals surface area contributed by atoms with Crippen molar-refractivity contribution in [1.29, 1.82) is 0 Å². The van der Waals surface area contributed by atoms with E-state index in [1.54, 1.807) is 0 Å². The number of morpholine rings is 1. The number of carbonyl (C=O) groups excluding carboxylic acids is 2. The molecular weight excluding hydrogens is 478 g/mol. The number of halogens is 2. The molecule has 36 heavy (non-hydrogen) atoms. The second-order valence-electron chi connectivity index (χ2n) is 8.83. The summed E-state index contributed by atoms with van der Waals surface area (Å²) in [4.78, 5) is 40.0. The molecule has 0 saturated carbocycles. The number of ether oxygens (including phenoxy) is 2. The van der Waals surface area contributed by atoms with E-state index >= 15 is 0 Å². The lowest BCUT2D eigenvalue weighted by atomic mass is 9.87. The number of benzene rings is 2. The van der Waals surface area contributed by atoms with Gasteiger partial charge in [0.05, 0.1) is 37.3 Å². The Morgan fingerprint density at radius 3 is 2.42 bits per heavy atom. The molecule has 0 aliphatic carbocycles. The summed E-state index contributed by atoms with van der Waals surface area (Å²) in [6.45, 7) is -0.174. The molecule has 1 unspecified atom stereocenters. The number of hydrogen-bond donors (Lipinski definition) is 2. The SMILES string of the molecule is O=C(O)N1CCOCC1[C@@H](O)[C@H](Cc1cc(F)cc(F)c1)C(=O)N1C(=O)OC[C@@H]1Cc1ccccc1. The predicted molar refractivity (Wildman–Crippen MR) is 121 cm³/mol. The molecular formula is C25H26F2N2O7. The van der Waals surface area contributed by atoms with E-state index in [2.05, 4.69) is 0 Å². The minimum absolute atomic E-state index is 0.0328. The lowest BCUT2D eigenvalue weighted by Gasteiger charge is -2.39. The van der Waals surface area contributed by atoms with Gasteiger partial charge in [0.25, 0.3) is 0 Å². The maximum Gasteiger partial charge on any atom is 0.416 e. The molecule has 0 bridgehead atoms. The molecule has 9 nitrogen and oxygen atoms in total. The first-order chi connectivity index (χ1) is 17.2. The molecule has 2 N–H and O–H groups in total. The van der Waals surface area contributed by atoms with Crippen LogP contribution in [0.25, 0.3) is 0 Å². The summed E-state index contributed by atoms with van der Waals surface area (Å²) in [5.41, 5.74) is 0.913. The molecule has 192 valence electrons. The van der Waals surface area contributed by atoms with Gasteiger partial charge in [0, 0.05) is 12.6 Å². The first-order valence-corrected chi connectivity index (χ1v) is 11.5. The number of aliphatic hydroxyl groups is 1. The largest absolute Gasteiger partial charge is 0.465 e. The predicted octanol–water partition coefficient (Wildman–Crippen LogP) is 2.45. The van der Waals surface area contributed by atoms with Crippen LogP contribution in [0, 0.1) is 17.6 Å². The number of amides is 3. The van der Waals surface area contributed by atoms with Crippen molar-refractivity contribution in [1.82, 2.24) is 9.80 Å². The summed E-state index contributed by atoms with van der Waals surface area (Å²) < 4.78 is 38.3. The molecule has 4 rings (SSSR count). The summed E-state index contributed by atoms with van der Waals surface area (Å²) in [6, 6.07) is 10.0. The average Bonchev–Trinajstić information content (AvgIpc) is 3.21. The zero-order valence-electron chi connectivity index (χ0n) is 19.3. The molecule has 2 heterocycles. The molecule has 2 fully saturated rings. The van der Waals surface area contributed by atoms with Crippen LogP contribution < -0.4 is 0 Å². The van der Waals surface area contributed by atoms with Crippen LogP contribution in [-0.4, -0.2) is 82.7 Å². The Morgan fingerprint density at radius 2 is 1.75 bits per heavy atom. The highest BCUT2D eigenvalue weighted by atomic mass is 19.1. The summed E-state index contributed by atoms with van der Waals surface area (Å²) in [5, 5.41) is 20.9. The third-order valence-electron chi connectivity index (χ3n) is 6.43. The van der Waals surface area contributed by atoms with Crippen LogP contribution >= 0.6 is 0 Å². The Kier molecular flexibility index (Phi) is 7.80. The molecule has 2 aromatic carbocycles. The van der Waals surface area contributed by atoms with E-state index in [9.17, 15) is 33.4 Å². The van der Waals surface area contributed by atoms with Crippen molar-refractivity contribution in [2.75, 3.05) is 26.4 Å². The standard InChI is InChI=1S/C25H26F2N2O7/c26-17-8-16(9-18(27)12-17)11-20(22(30)21-14-35-7-6-28(21)24(32)33)23(31)29-19(13-36-25(29)34)10-15-4-2-1-3-5-15/h1-5,8-9,12,19-22,30H,6-7,10-11,13-14H2,(H,32,33)/t19-,20-,21?,22-/m0/s1. The van der Waals surface area contributed by atoms with Gasteiger partial charge in [0.2, 0.25) is 5.91 Å². The second-order valence-corrected chi connectivity index (χ2v) is 8.83. The molecule has 0 spiro atoms. The minimum Gasteiger partial charge on any atom is -0.465 e. The Labute approximate surface area is 205 Å². The third kappa shape index (κ3) is 5.63. The molecule has 3 amide bonds. The van der Waals surface area contributed by atoms with E-state index in [0.717, 1.165) is 27.5 Å². The summed E-state index contributed by atoms with van der Waals surface area (Å²) >= 11 is 0. The fourth-order valence-electron chi connectivity index (χ4n) is 4.69. The smallest absolute Gasteiger partial charge is 0.416 e. The molecule has 2 aliphatic rings. The number of carbonyl (C=O) groups is 3. The quantitative estimate of drug-likeness (QED) is 0.595. The van der Waals surface area contributed by atoms with E-state index in [1.807, 2.05) is 30.3 Å². The van der Waals surface area contributed by atoms with Gasteiger partial charge in [-0.1, -0.05) is 30.3 Å². The maximum atomic E-state index is 13.9. The summed E-state index contributed by atoms with van der Waals surface area (Å²) in [5.74, 6) is -3.99. The van der Waals surface area contributed by atoms with E-state index in [4.69, 9.17) is 9.47 Å². The number of hydrogen-bond acceptors (Lipinski definition) is 6. The van der Waals surface area contributed by atoms with Crippen LogP contribution in [0.4, 0.5) is 18.4 Å². The van der Waals surface area contributed by atoms with Gasteiger partial charge in [-0.15, -0.1) is 0 Å². The monoisotopic (exact) mass is 504 g/mol. The van der Waals surface area contributed by atoms with Crippen LogP contribution in [0.5, 0.6) is 0 Å². The van der Waals surface area contributed by atoms with Gasteiger partial charge < -0.3 is 19.7 Å². The lowest BCUT2D eigenvalue weighted by Crippen LogP contribution is -2.58. The van der Waals surface area contributed by atoms with Crippen molar-refractivity contribution in [3.63, 3.8) is 0 Å². The Hall–Kier alpha value is -3.57. The Bertz CT molecular complexity index is 1100. The van der Waals surface area contributed by atoms with Gasteiger partial charge in [-0.25, -0.2) is 23.3 Å². The van der Waals surface area contributed by atoms with Gasteiger partial charge in [-0.2, -0.15) is 0 Å². The molecule has 0 radical (unpaired) electrons.